The lowest BCUT2D eigenvalue weighted by molar-refractivity contribution is 0.370. The summed E-state index contributed by atoms with van der Waals surface area (Å²) in [4.78, 5) is 0. The molecule has 8 rings (SSSR count). The predicted octanol–water partition coefficient (Wildman–Crippen LogP) is 7.15. The topological polar surface area (TPSA) is 80.6 Å². The summed E-state index contributed by atoms with van der Waals surface area (Å²) in [5.74, 6) is 0. The van der Waals surface area contributed by atoms with E-state index in [1.165, 1.54) is 207 Å². The molecule has 0 amide bonds. The standard InChI is InChI=1S/C32H64N10P3.H2O/c1-2-18-35(17-1)43(36-19-3-4-20-36,33-44(37-21-5-6-22-37,38-23-7-8-24-38)39-25-9-10-26-39)34-45(40-27-11-12-28-40,41-29-13-14-30-41)42-31-15-16-32-42;/h1-32H2;1H2/q+1;/p-1. The van der Waals surface area contributed by atoms with Gasteiger partial charge in [-0.05, 0) is 107 Å². The van der Waals surface area contributed by atoms with Gasteiger partial charge < -0.3 is 5.48 Å². The molecule has 0 aliphatic carbocycles. The van der Waals surface area contributed by atoms with Gasteiger partial charge in [0.05, 0.1) is 0 Å². The molecule has 8 aliphatic rings. The van der Waals surface area contributed by atoms with Gasteiger partial charge in [-0.25, -0.2) is 23.4 Å². The molecule has 0 aromatic carbocycles. The predicted molar refractivity (Wildman–Crippen MR) is 194 cm³/mol. The molecule has 0 radical (unpaired) electrons. The molecule has 0 aromatic heterocycles. The highest BCUT2D eigenvalue weighted by Crippen LogP contribution is 2.82. The fraction of sp³-hybridized carbons (Fsp3) is 1.00. The third-order valence-electron chi connectivity index (χ3n) is 12.2. The van der Waals surface area contributed by atoms with Gasteiger partial charge in [0.1, 0.15) is 0 Å². The monoisotopic (exact) mass is 698 g/mol. The molecule has 8 aliphatic heterocycles. The Morgan fingerprint density at radius 2 is 0.565 bits per heavy atom. The quantitative estimate of drug-likeness (QED) is 0.221. The van der Waals surface area contributed by atoms with E-state index in [2.05, 4.69) is 37.4 Å². The maximum atomic E-state index is 6.88. The van der Waals surface area contributed by atoms with Crippen LogP contribution in [0.25, 0.3) is 0 Å². The zero-order valence-electron chi connectivity index (χ0n) is 28.9. The van der Waals surface area contributed by atoms with Crippen molar-refractivity contribution in [3.63, 3.8) is 0 Å². The van der Waals surface area contributed by atoms with Gasteiger partial charge in [-0.1, -0.05) is 0 Å². The van der Waals surface area contributed by atoms with E-state index in [1.807, 2.05) is 0 Å². The first-order valence-corrected chi connectivity index (χ1v) is 24.3. The lowest BCUT2D eigenvalue weighted by atomic mass is 10.4. The molecule has 8 fully saturated rings. The normalized spacial score (nSPS) is 29.6. The summed E-state index contributed by atoms with van der Waals surface area (Å²) in [7, 11) is -6.56. The van der Waals surface area contributed by atoms with Gasteiger partial charge in [-0.3, -0.25) is 0 Å². The van der Waals surface area contributed by atoms with Crippen LogP contribution in [0.15, 0.2) is 9.03 Å². The molecule has 8 saturated heterocycles. The van der Waals surface area contributed by atoms with E-state index >= 15 is 0 Å². The van der Waals surface area contributed by atoms with Gasteiger partial charge in [-0.2, -0.15) is 4.52 Å². The highest BCUT2D eigenvalue weighted by Gasteiger charge is 2.63. The summed E-state index contributed by atoms with van der Waals surface area (Å²) >= 11 is 0. The Kier molecular flexibility index (Phi) is 11.7. The van der Waals surface area contributed by atoms with Crippen molar-refractivity contribution in [3.8, 4) is 0 Å². The summed E-state index contributed by atoms with van der Waals surface area (Å²) in [6.07, 6.45) is 21.5. The van der Waals surface area contributed by atoms with Crippen molar-refractivity contribution in [3.05, 3.63) is 0 Å². The third kappa shape index (κ3) is 6.21. The first-order valence-electron chi connectivity index (χ1n) is 19.5. The second-order valence-electron chi connectivity index (χ2n) is 15.1. The maximum absolute atomic E-state index is 6.88. The Hall–Kier alpha value is 0.530. The highest BCUT2D eigenvalue weighted by atomic mass is 31.2. The van der Waals surface area contributed by atoms with Crippen LogP contribution in [0.3, 0.4) is 0 Å². The number of rotatable bonds is 10. The summed E-state index contributed by atoms with van der Waals surface area (Å²) in [5, 5.41) is 0. The summed E-state index contributed by atoms with van der Waals surface area (Å²) < 4.78 is 37.7. The SMILES string of the molecule is C1CCN(P(=N[P+](N2CCCC2)(N2CCCC2)N2CCCC2)(N=P(N2CCCC2)(N2CCCC2)N2CCCC2)N2CCCC2)C1.[OH-]. The molecule has 0 bridgehead atoms. The van der Waals surface area contributed by atoms with Crippen molar-refractivity contribution < 1.29 is 5.48 Å². The van der Waals surface area contributed by atoms with Crippen LogP contribution in [-0.4, -0.2) is 148 Å². The maximum Gasteiger partial charge on any atom is 0.358 e. The van der Waals surface area contributed by atoms with Gasteiger partial charge >= 0.3 is 7.87 Å². The van der Waals surface area contributed by atoms with Crippen molar-refractivity contribution >= 4 is 22.9 Å². The van der Waals surface area contributed by atoms with Crippen LogP contribution in [0.4, 0.5) is 0 Å². The van der Waals surface area contributed by atoms with Crippen molar-refractivity contribution in [2.24, 2.45) is 9.03 Å². The number of hydrogen-bond acceptors (Lipinski definition) is 5. The average molecular weight is 699 g/mol. The second kappa shape index (κ2) is 15.4. The summed E-state index contributed by atoms with van der Waals surface area (Å²) in [5.41, 5.74) is 0. The average Bonchev–Trinajstić information content (AvgIpc) is 3.96. The van der Waals surface area contributed by atoms with Gasteiger partial charge in [0.2, 0.25) is 0 Å². The Balaban J connectivity index is 0.00000338. The molecular weight excluding hydrogens is 633 g/mol. The largest absolute Gasteiger partial charge is 0.870 e. The van der Waals surface area contributed by atoms with E-state index < -0.39 is 22.9 Å². The van der Waals surface area contributed by atoms with Crippen LogP contribution in [0.2, 0.25) is 0 Å². The van der Waals surface area contributed by atoms with Crippen LogP contribution in [0, 0.1) is 0 Å². The molecule has 0 atom stereocenters. The highest BCUT2D eigenvalue weighted by molar-refractivity contribution is 7.78. The minimum absolute atomic E-state index is 0. The Morgan fingerprint density at radius 3 is 0.848 bits per heavy atom. The van der Waals surface area contributed by atoms with Crippen molar-refractivity contribution in [2.45, 2.75) is 103 Å². The molecule has 0 saturated carbocycles. The molecule has 0 spiro atoms. The van der Waals surface area contributed by atoms with Crippen molar-refractivity contribution in [1.82, 2.24) is 37.4 Å². The second-order valence-corrected chi connectivity index (χ2v) is 24.3. The van der Waals surface area contributed by atoms with E-state index in [0.717, 1.165) is 0 Å². The van der Waals surface area contributed by atoms with Crippen molar-refractivity contribution in [1.29, 1.82) is 0 Å². The lowest BCUT2D eigenvalue weighted by Crippen LogP contribution is -2.42. The van der Waals surface area contributed by atoms with E-state index in [1.54, 1.807) is 0 Å². The van der Waals surface area contributed by atoms with E-state index in [4.69, 9.17) is 9.03 Å². The third-order valence-corrected chi connectivity index (χ3v) is 25.3. The Labute approximate surface area is 281 Å². The first kappa shape index (κ1) is 35.0. The molecule has 8 heterocycles. The van der Waals surface area contributed by atoms with Gasteiger partial charge in [0, 0.05) is 105 Å². The zero-order chi connectivity index (χ0) is 30.2. The Morgan fingerprint density at radius 1 is 0.326 bits per heavy atom. The van der Waals surface area contributed by atoms with E-state index in [-0.39, 0.29) is 5.48 Å². The number of hydrogen-bond donors (Lipinski definition) is 0. The molecule has 46 heavy (non-hydrogen) atoms. The summed E-state index contributed by atoms with van der Waals surface area (Å²) in [6.45, 7) is 19.8. The fourth-order valence-electron chi connectivity index (χ4n) is 9.91. The first-order chi connectivity index (χ1) is 22.3. The molecular formula is C32H65N10OP3. The molecule has 11 nitrogen and oxygen atoms in total. The minimum Gasteiger partial charge on any atom is -0.870 e. The van der Waals surface area contributed by atoms with Crippen LogP contribution in [-0.2, 0) is 0 Å². The van der Waals surface area contributed by atoms with Gasteiger partial charge in [0.25, 0.3) is 7.51 Å². The van der Waals surface area contributed by atoms with Crippen LogP contribution in [0.5, 0.6) is 0 Å². The van der Waals surface area contributed by atoms with Crippen LogP contribution < -0.4 is 0 Å². The fourth-order valence-corrected chi connectivity index (χ4v) is 26.5. The van der Waals surface area contributed by atoms with Gasteiger partial charge in [-0.15, -0.1) is 14.0 Å². The van der Waals surface area contributed by atoms with Crippen molar-refractivity contribution in [2.75, 3.05) is 105 Å². The Bertz CT molecular complexity index is 987. The molecule has 0 aromatic rings. The van der Waals surface area contributed by atoms with E-state index in [9.17, 15) is 0 Å². The molecule has 1 N–H and O–H groups in total. The molecule has 14 heteroatoms. The zero-order valence-corrected chi connectivity index (χ0v) is 31.6. The molecule has 264 valence electrons. The van der Waals surface area contributed by atoms with Crippen LogP contribution >= 0.6 is 22.9 Å². The smallest absolute Gasteiger partial charge is 0.358 e. The van der Waals surface area contributed by atoms with E-state index in [0.29, 0.717) is 0 Å². The number of nitrogens with zero attached hydrogens (tertiary/aromatic N) is 10. The lowest BCUT2D eigenvalue weighted by Gasteiger charge is -2.49. The molecule has 0 unspecified atom stereocenters. The summed E-state index contributed by atoms with van der Waals surface area (Å²) in [6, 6.07) is 0. The van der Waals surface area contributed by atoms with Gasteiger partial charge in [0.15, 0.2) is 7.51 Å². The van der Waals surface area contributed by atoms with Crippen LogP contribution in [0.1, 0.15) is 103 Å². The minimum atomic E-state index is -2.38.